The van der Waals surface area contributed by atoms with Crippen molar-refractivity contribution in [3.8, 4) is 11.5 Å². The Kier molecular flexibility index (Phi) is 5.63. The molecule has 0 radical (unpaired) electrons. The number of aliphatic hydroxyl groups excluding tert-OH is 1. The van der Waals surface area contributed by atoms with Crippen LogP contribution in [-0.2, 0) is 16.1 Å². The van der Waals surface area contributed by atoms with E-state index >= 15 is 0 Å². The van der Waals surface area contributed by atoms with Gasteiger partial charge in [0.2, 0.25) is 6.79 Å². The predicted molar refractivity (Wildman–Crippen MR) is 123 cm³/mol. The number of ether oxygens (including phenoxy) is 2. The molecule has 9 heteroatoms. The van der Waals surface area contributed by atoms with Gasteiger partial charge in [0.15, 0.2) is 11.5 Å². The molecule has 3 heterocycles. The normalized spacial score (nSPS) is 18.8. The van der Waals surface area contributed by atoms with Gasteiger partial charge in [-0.2, -0.15) is 0 Å². The number of carbonyl (C=O) groups is 2. The van der Waals surface area contributed by atoms with E-state index < -0.39 is 17.7 Å². The molecule has 2 aromatic carbocycles. The molecule has 5 rings (SSSR count). The van der Waals surface area contributed by atoms with Gasteiger partial charge in [0.25, 0.3) is 11.7 Å². The SMILES string of the molecule is O=C1C(=O)N(CCCn2ccnc2)C(c2ccc(Br)cc2)/C1=C(\O)c1ccc2c(c1)OCO2. The van der Waals surface area contributed by atoms with Crippen molar-refractivity contribution in [3.63, 3.8) is 0 Å². The summed E-state index contributed by atoms with van der Waals surface area (Å²) >= 11 is 3.42. The summed E-state index contributed by atoms with van der Waals surface area (Å²) in [5.41, 5.74) is 1.18. The Morgan fingerprint density at radius 1 is 1.09 bits per heavy atom. The van der Waals surface area contributed by atoms with Crippen molar-refractivity contribution in [2.45, 2.75) is 19.0 Å². The van der Waals surface area contributed by atoms with Gasteiger partial charge in [0.05, 0.1) is 17.9 Å². The Labute approximate surface area is 198 Å². The van der Waals surface area contributed by atoms with E-state index in [1.165, 1.54) is 4.90 Å². The summed E-state index contributed by atoms with van der Waals surface area (Å²) < 4.78 is 13.5. The van der Waals surface area contributed by atoms with Gasteiger partial charge in [-0.25, -0.2) is 4.98 Å². The lowest BCUT2D eigenvalue weighted by Gasteiger charge is -2.25. The second-order valence-electron chi connectivity index (χ2n) is 7.77. The lowest BCUT2D eigenvalue weighted by Crippen LogP contribution is -2.31. The summed E-state index contributed by atoms with van der Waals surface area (Å²) in [6, 6.07) is 11.6. The highest BCUT2D eigenvalue weighted by Gasteiger charge is 2.45. The van der Waals surface area contributed by atoms with Crippen LogP contribution in [0, 0.1) is 0 Å². The number of rotatable bonds is 6. The molecule has 2 aliphatic rings. The number of hydrogen-bond donors (Lipinski definition) is 1. The molecule has 2 aliphatic heterocycles. The first-order chi connectivity index (χ1) is 16.0. The molecule has 1 N–H and O–H groups in total. The van der Waals surface area contributed by atoms with Gasteiger partial charge >= 0.3 is 0 Å². The van der Waals surface area contributed by atoms with E-state index in [1.54, 1.807) is 30.7 Å². The molecule has 0 spiro atoms. The number of hydrogen-bond acceptors (Lipinski definition) is 6. The molecule has 3 aromatic rings. The number of Topliss-reactive ketones (excluding diaryl/α,β-unsaturated/α-hetero) is 1. The molecule has 1 atom stereocenters. The molecule has 1 aromatic heterocycles. The number of imidazole rings is 1. The van der Waals surface area contributed by atoms with Crippen LogP contribution in [0.2, 0.25) is 0 Å². The van der Waals surface area contributed by atoms with E-state index in [9.17, 15) is 14.7 Å². The van der Waals surface area contributed by atoms with Crippen LogP contribution >= 0.6 is 15.9 Å². The van der Waals surface area contributed by atoms with Crippen molar-refractivity contribution in [3.05, 3.63) is 82.4 Å². The number of halogens is 1. The van der Waals surface area contributed by atoms with Gasteiger partial charge in [-0.05, 0) is 42.3 Å². The highest BCUT2D eigenvalue weighted by atomic mass is 79.9. The zero-order chi connectivity index (χ0) is 22.9. The summed E-state index contributed by atoms with van der Waals surface area (Å²) in [6.45, 7) is 1.10. The van der Waals surface area contributed by atoms with E-state index in [0.717, 1.165) is 10.0 Å². The van der Waals surface area contributed by atoms with Crippen molar-refractivity contribution >= 4 is 33.4 Å². The molecule has 1 fully saturated rings. The van der Waals surface area contributed by atoms with Crippen molar-refractivity contribution in [1.29, 1.82) is 0 Å². The van der Waals surface area contributed by atoms with E-state index in [0.29, 0.717) is 36.6 Å². The Hall–Kier alpha value is -3.59. The number of benzene rings is 2. The van der Waals surface area contributed by atoms with Crippen LogP contribution < -0.4 is 9.47 Å². The maximum absolute atomic E-state index is 13.1. The standard InChI is InChI=1S/C24H20BrN3O5/c25-17-5-2-15(3-6-17)21-20(22(29)16-4-7-18-19(12-16)33-14-32-18)23(30)24(31)28(21)10-1-9-27-11-8-26-13-27/h2-8,11-13,21,29H,1,9-10,14H2/b22-20+. The number of aryl methyl sites for hydroxylation is 1. The van der Waals surface area contributed by atoms with Crippen molar-refractivity contribution in [2.24, 2.45) is 0 Å². The smallest absolute Gasteiger partial charge is 0.295 e. The third-order valence-electron chi connectivity index (χ3n) is 5.75. The number of likely N-dealkylation sites (tertiary alicyclic amines) is 1. The highest BCUT2D eigenvalue weighted by molar-refractivity contribution is 9.10. The van der Waals surface area contributed by atoms with E-state index in [-0.39, 0.29) is 18.1 Å². The topological polar surface area (TPSA) is 93.9 Å². The molecule has 1 unspecified atom stereocenters. The highest BCUT2D eigenvalue weighted by Crippen LogP contribution is 2.41. The van der Waals surface area contributed by atoms with Gasteiger partial charge in [-0.3, -0.25) is 9.59 Å². The predicted octanol–water partition coefficient (Wildman–Crippen LogP) is 3.89. The molecule has 1 amide bonds. The number of amides is 1. The number of aliphatic hydroxyl groups is 1. The van der Waals surface area contributed by atoms with E-state index in [4.69, 9.17) is 9.47 Å². The molecule has 8 nitrogen and oxygen atoms in total. The monoisotopic (exact) mass is 509 g/mol. The maximum atomic E-state index is 13.1. The fraction of sp³-hybridized carbons (Fsp3) is 0.208. The quantitative estimate of drug-likeness (QED) is 0.307. The Balaban J connectivity index is 1.53. The van der Waals surface area contributed by atoms with Gasteiger partial charge in [-0.1, -0.05) is 28.1 Å². The zero-order valence-electron chi connectivity index (χ0n) is 17.5. The molecule has 0 aliphatic carbocycles. The summed E-state index contributed by atoms with van der Waals surface area (Å²) in [5.74, 6) is -0.530. The first-order valence-corrected chi connectivity index (χ1v) is 11.2. The van der Waals surface area contributed by atoms with Crippen LogP contribution in [0.1, 0.15) is 23.6 Å². The second-order valence-corrected chi connectivity index (χ2v) is 8.68. The Morgan fingerprint density at radius 2 is 1.88 bits per heavy atom. The minimum Gasteiger partial charge on any atom is -0.507 e. The number of fused-ring (bicyclic) bond motifs is 1. The summed E-state index contributed by atoms with van der Waals surface area (Å²) in [5, 5.41) is 11.2. The number of nitrogens with zero attached hydrogens (tertiary/aromatic N) is 3. The zero-order valence-corrected chi connectivity index (χ0v) is 19.1. The Morgan fingerprint density at radius 3 is 2.64 bits per heavy atom. The molecule has 168 valence electrons. The fourth-order valence-electron chi connectivity index (χ4n) is 4.14. The van der Waals surface area contributed by atoms with Crippen LogP contribution in [0.3, 0.4) is 0 Å². The first-order valence-electron chi connectivity index (χ1n) is 10.4. The fourth-order valence-corrected chi connectivity index (χ4v) is 4.41. The molecule has 33 heavy (non-hydrogen) atoms. The second kappa shape index (κ2) is 8.74. The molecule has 0 saturated carbocycles. The Bertz CT molecular complexity index is 1240. The average molecular weight is 510 g/mol. The van der Waals surface area contributed by atoms with Crippen molar-refractivity contribution in [2.75, 3.05) is 13.3 Å². The largest absolute Gasteiger partial charge is 0.507 e. The number of aromatic nitrogens is 2. The molecule has 0 bridgehead atoms. The number of ketones is 1. The van der Waals surface area contributed by atoms with Gasteiger partial charge < -0.3 is 24.0 Å². The third kappa shape index (κ3) is 4.00. The maximum Gasteiger partial charge on any atom is 0.295 e. The van der Waals surface area contributed by atoms with Crippen molar-refractivity contribution in [1.82, 2.24) is 14.5 Å². The van der Waals surface area contributed by atoms with E-state index in [2.05, 4.69) is 20.9 Å². The lowest BCUT2D eigenvalue weighted by molar-refractivity contribution is -0.139. The third-order valence-corrected chi connectivity index (χ3v) is 6.27. The van der Waals surface area contributed by atoms with E-state index in [1.807, 2.05) is 35.0 Å². The van der Waals surface area contributed by atoms with Gasteiger partial charge in [0, 0.05) is 35.5 Å². The van der Waals surface area contributed by atoms with Gasteiger partial charge in [-0.15, -0.1) is 0 Å². The van der Waals surface area contributed by atoms with Crippen LogP contribution in [0.4, 0.5) is 0 Å². The summed E-state index contributed by atoms with van der Waals surface area (Å²) in [4.78, 5) is 31.7. The van der Waals surface area contributed by atoms with Crippen LogP contribution in [-0.4, -0.2) is 44.6 Å². The summed E-state index contributed by atoms with van der Waals surface area (Å²) in [6.07, 6.45) is 5.87. The van der Waals surface area contributed by atoms with Crippen molar-refractivity contribution < 1.29 is 24.2 Å². The van der Waals surface area contributed by atoms with Crippen LogP contribution in [0.15, 0.2) is 71.2 Å². The van der Waals surface area contributed by atoms with Gasteiger partial charge in [0.1, 0.15) is 5.76 Å². The minimum atomic E-state index is -0.708. The molecular weight excluding hydrogens is 490 g/mol. The molecule has 1 saturated heterocycles. The first kappa shape index (κ1) is 21.3. The number of carbonyl (C=O) groups excluding carboxylic acids is 2. The van der Waals surface area contributed by atoms with Crippen LogP contribution in [0.5, 0.6) is 11.5 Å². The summed E-state index contributed by atoms with van der Waals surface area (Å²) in [7, 11) is 0. The van der Waals surface area contributed by atoms with Crippen LogP contribution in [0.25, 0.3) is 5.76 Å². The average Bonchev–Trinajstić information content (AvgIpc) is 3.56. The minimum absolute atomic E-state index is 0.0591. The molecular formula is C24H20BrN3O5. The lowest BCUT2D eigenvalue weighted by atomic mass is 9.95.